The van der Waals surface area contributed by atoms with Crippen molar-refractivity contribution in [3.8, 4) is 11.8 Å². The van der Waals surface area contributed by atoms with Crippen molar-refractivity contribution in [3.05, 3.63) is 21.9 Å². The molecule has 1 N–H and O–H groups in total. The van der Waals surface area contributed by atoms with Crippen LogP contribution in [0.5, 0.6) is 0 Å². The summed E-state index contributed by atoms with van der Waals surface area (Å²) < 4.78 is 5.74. The van der Waals surface area contributed by atoms with Crippen LogP contribution in [0, 0.1) is 11.8 Å². The van der Waals surface area contributed by atoms with Gasteiger partial charge in [0.25, 0.3) is 0 Å². The highest BCUT2D eigenvalue weighted by molar-refractivity contribution is 7.10. The fraction of sp³-hybridized carbons (Fsp3) is 0.625. The summed E-state index contributed by atoms with van der Waals surface area (Å²) in [5, 5.41) is 10.8. The predicted molar refractivity (Wildman–Crippen MR) is 82.8 cm³/mol. The van der Waals surface area contributed by atoms with Crippen molar-refractivity contribution in [2.24, 2.45) is 0 Å². The molecule has 2 rings (SSSR count). The van der Waals surface area contributed by atoms with E-state index in [-0.39, 0.29) is 6.61 Å². The minimum Gasteiger partial charge on any atom is -0.395 e. The molecule has 0 bridgehead atoms. The van der Waals surface area contributed by atoms with Gasteiger partial charge in [-0.25, -0.2) is 0 Å². The van der Waals surface area contributed by atoms with Crippen LogP contribution in [-0.2, 0) is 11.3 Å². The number of hydrogen-bond donors (Lipinski definition) is 1. The largest absolute Gasteiger partial charge is 0.395 e. The van der Waals surface area contributed by atoms with E-state index < -0.39 is 0 Å². The van der Waals surface area contributed by atoms with E-state index in [4.69, 9.17) is 9.84 Å². The Morgan fingerprint density at radius 1 is 1.55 bits per heavy atom. The van der Waals surface area contributed by atoms with Crippen molar-refractivity contribution in [2.75, 3.05) is 26.3 Å². The summed E-state index contributed by atoms with van der Waals surface area (Å²) in [7, 11) is 0. The molecule has 0 amide bonds. The van der Waals surface area contributed by atoms with Gasteiger partial charge in [-0.2, -0.15) is 0 Å². The molecule has 0 saturated carbocycles. The minimum atomic E-state index is 0.136. The van der Waals surface area contributed by atoms with E-state index in [1.165, 1.54) is 17.7 Å². The van der Waals surface area contributed by atoms with Crippen LogP contribution in [0.4, 0.5) is 0 Å². The molecule has 0 radical (unpaired) electrons. The van der Waals surface area contributed by atoms with Gasteiger partial charge in [-0.15, -0.1) is 11.3 Å². The van der Waals surface area contributed by atoms with Crippen molar-refractivity contribution in [3.63, 3.8) is 0 Å². The second-order valence-corrected chi connectivity index (χ2v) is 6.03. The van der Waals surface area contributed by atoms with Gasteiger partial charge in [0.05, 0.1) is 12.7 Å². The highest BCUT2D eigenvalue weighted by Crippen LogP contribution is 2.20. The third-order valence-corrected chi connectivity index (χ3v) is 4.29. The van der Waals surface area contributed by atoms with Gasteiger partial charge in [-0.3, -0.25) is 4.90 Å². The number of rotatable bonds is 5. The number of likely N-dealkylation sites (tertiary alicyclic amines) is 1. The first-order chi connectivity index (χ1) is 9.81. The first kappa shape index (κ1) is 15.5. The standard InChI is InChI=1S/C16H23NO2S/c1-2-19-15-7-5-8-17(11-15)12-16-10-14(13-20-16)6-3-4-9-18/h10,13,15,18H,2,4-5,7-9,11-12H2,1H3. The number of thiophene rings is 1. The van der Waals surface area contributed by atoms with E-state index in [9.17, 15) is 0 Å². The molecule has 1 aromatic rings. The molecular formula is C16H23NO2S. The first-order valence-corrected chi connectivity index (χ1v) is 8.21. The monoisotopic (exact) mass is 293 g/mol. The summed E-state index contributed by atoms with van der Waals surface area (Å²) in [4.78, 5) is 3.83. The van der Waals surface area contributed by atoms with E-state index in [0.717, 1.165) is 31.8 Å². The van der Waals surface area contributed by atoms with Gasteiger partial charge >= 0.3 is 0 Å². The van der Waals surface area contributed by atoms with Gasteiger partial charge in [0, 0.05) is 41.9 Å². The van der Waals surface area contributed by atoms with E-state index in [1.807, 2.05) is 0 Å². The fourth-order valence-electron chi connectivity index (χ4n) is 2.50. The molecular weight excluding hydrogens is 270 g/mol. The maximum atomic E-state index is 8.72. The Kier molecular flexibility index (Phi) is 6.55. The molecule has 1 aliphatic rings. The molecule has 3 nitrogen and oxygen atoms in total. The number of nitrogens with zero attached hydrogens (tertiary/aromatic N) is 1. The lowest BCUT2D eigenvalue weighted by Crippen LogP contribution is -2.39. The molecule has 2 heterocycles. The van der Waals surface area contributed by atoms with Crippen molar-refractivity contribution in [2.45, 2.75) is 38.8 Å². The molecule has 1 fully saturated rings. The maximum Gasteiger partial charge on any atom is 0.0702 e. The predicted octanol–water partition coefficient (Wildman–Crippen LogP) is 2.48. The molecule has 0 aromatic carbocycles. The Morgan fingerprint density at radius 3 is 3.25 bits per heavy atom. The van der Waals surface area contributed by atoms with Gasteiger partial charge in [-0.05, 0) is 32.4 Å². The lowest BCUT2D eigenvalue weighted by molar-refractivity contribution is 0.00390. The third kappa shape index (κ3) is 4.92. The van der Waals surface area contributed by atoms with Gasteiger partial charge in [0.15, 0.2) is 0 Å². The van der Waals surface area contributed by atoms with Crippen molar-refractivity contribution in [1.29, 1.82) is 0 Å². The number of aliphatic hydroxyl groups excluding tert-OH is 1. The van der Waals surface area contributed by atoms with Gasteiger partial charge in [0.1, 0.15) is 0 Å². The molecule has 4 heteroatoms. The van der Waals surface area contributed by atoms with E-state index >= 15 is 0 Å². The molecule has 1 aromatic heterocycles. The summed E-state index contributed by atoms with van der Waals surface area (Å²) in [5.74, 6) is 6.05. The first-order valence-electron chi connectivity index (χ1n) is 7.33. The van der Waals surface area contributed by atoms with E-state index in [0.29, 0.717) is 12.5 Å². The molecule has 1 unspecified atom stereocenters. The van der Waals surface area contributed by atoms with Crippen LogP contribution < -0.4 is 0 Å². The number of piperidine rings is 1. The molecule has 20 heavy (non-hydrogen) atoms. The second kappa shape index (κ2) is 8.43. The van der Waals surface area contributed by atoms with Crippen molar-refractivity contribution >= 4 is 11.3 Å². The van der Waals surface area contributed by atoms with Gasteiger partial charge in [-0.1, -0.05) is 11.8 Å². The fourth-order valence-corrected chi connectivity index (χ4v) is 3.36. The summed E-state index contributed by atoms with van der Waals surface area (Å²) in [5.41, 5.74) is 1.07. The third-order valence-electron chi connectivity index (χ3n) is 3.37. The zero-order chi connectivity index (χ0) is 14.2. The Labute approximate surface area is 125 Å². The molecule has 1 saturated heterocycles. The number of hydrogen-bond acceptors (Lipinski definition) is 4. The Bertz CT molecular complexity index is 459. The molecule has 0 spiro atoms. The lowest BCUT2D eigenvalue weighted by Gasteiger charge is -2.32. The van der Waals surface area contributed by atoms with Crippen molar-refractivity contribution < 1.29 is 9.84 Å². The summed E-state index contributed by atoms with van der Waals surface area (Å²) in [6, 6.07) is 2.17. The molecule has 1 aliphatic heterocycles. The van der Waals surface area contributed by atoms with Crippen LogP contribution >= 0.6 is 11.3 Å². The Hall–Kier alpha value is -0.860. The zero-order valence-electron chi connectivity index (χ0n) is 12.1. The molecule has 110 valence electrons. The average Bonchev–Trinajstić information content (AvgIpc) is 2.87. The Morgan fingerprint density at radius 2 is 2.45 bits per heavy atom. The number of aliphatic hydroxyl groups is 1. The van der Waals surface area contributed by atoms with Crippen LogP contribution in [0.1, 0.15) is 36.6 Å². The van der Waals surface area contributed by atoms with Gasteiger partial charge < -0.3 is 9.84 Å². The SMILES string of the molecule is CCOC1CCCN(Cc2cc(C#CCCO)cs2)C1. The van der Waals surface area contributed by atoms with E-state index in [1.54, 1.807) is 11.3 Å². The lowest BCUT2D eigenvalue weighted by atomic mass is 10.1. The van der Waals surface area contributed by atoms with Crippen LogP contribution in [0.15, 0.2) is 11.4 Å². The molecule has 1 atom stereocenters. The van der Waals surface area contributed by atoms with Crippen LogP contribution in [0.25, 0.3) is 0 Å². The van der Waals surface area contributed by atoms with Crippen LogP contribution in [-0.4, -0.2) is 42.4 Å². The summed E-state index contributed by atoms with van der Waals surface area (Å²) >= 11 is 1.77. The van der Waals surface area contributed by atoms with Crippen LogP contribution in [0.3, 0.4) is 0 Å². The van der Waals surface area contributed by atoms with Gasteiger partial charge in [0.2, 0.25) is 0 Å². The highest BCUT2D eigenvalue weighted by atomic mass is 32.1. The summed E-state index contributed by atoms with van der Waals surface area (Å²) in [6.45, 7) is 6.20. The smallest absolute Gasteiger partial charge is 0.0702 e. The minimum absolute atomic E-state index is 0.136. The highest BCUT2D eigenvalue weighted by Gasteiger charge is 2.20. The van der Waals surface area contributed by atoms with Crippen molar-refractivity contribution in [1.82, 2.24) is 4.90 Å². The zero-order valence-corrected chi connectivity index (χ0v) is 12.9. The quantitative estimate of drug-likeness (QED) is 0.847. The summed E-state index contributed by atoms with van der Waals surface area (Å²) in [6.07, 6.45) is 3.36. The Balaban J connectivity index is 1.85. The topological polar surface area (TPSA) is 32.7 Å². The normalized spacial score (nSPS) is 19.6. The molecule has 0 aliphatic carbocycles. The second-order valence-electron chi connectivity index (χ2n) is 5.03. The van der Waals surface area contributed by atoms with E-state index in [2.05, 4.69) is 35.1 Å². The average molecular weight is 293 g/mol. The maximum absolute atomic E-state index is 8.72. The van der Waals surface area contributed by atoms with Crippen LogP contribution in [0.2, 0.25) is 0 Å². The number of ether oxygens (including phenoxy) is 1.